The Bertz CT molecular complexity index is 782. The van der Waals surface area contributed by atoms with Crippen LogP contribution in [0.15, 0.2) is 23.4 Å². The number of anilines is 3. The molecule has 1 amide bonds. The van der Waals surface area contributed by atoms with Gasteiger partial charge >= 0.3 is 0 Å². The number of nitrogens with one attached hydrogen (secondary N) is 2. The van der Waals surface area contributed by atoms with Crippen LogP contribution in [0.4, 0.5) is 21.6 Å². The van der Waals surface area contributed by atoms with E-state index in [1.54, 1.807) is 18.4 Å². The molecule has 4 N–H and O–H groups in total. The van der Waals surface area contributed by atoms with Gasteiger partial charge in [0.05, 0.1) is 5.69 Å². The van der Waals surface area contributed by atoms with Gasteiger partial charge in [0.25, 0.3) is 5.91 Å². The van der Waals surface area contributed by atoms with Crippen molar-refractivity contribution in [2.75, 3.05) is 42.7 Å². The first-order valence-corrected chi connectivity index (χ1v) is 8.91. The molecule has 8 nitrogen and oxygen atoms in total. The van der Waals surface area contributed by atoms with Gasteiger partial charge < -0.3 is 21.3 Å². The number of aromatic nitrogens is 3. The number of primary amides is 1. The zero-order valence-corrected chi connectivity index (χ0v) is 14.4. The number of thioether (sulfide) groups is 1. The maximum atomic E-state index is 14.5. The van der Waals surface area contributed by atoms with E-state index in [-0.39, 0.29) is 17.3 Å². The summed E-state index contributed by atoms with van der Waals surface area (Å²) in [5.41, 5.74) is 6.20. The quantitative estimate of drug-likeness (QED) is 0.675. The van der Waals surface area contributed by atoms with E-state index in [0.29, 0.717) is 16.5 Å². The van der Waals surface area contributed by atoms with E-state index in [1.807, 2.05) is 4.90 Å². The number of carbonyl (C=O) groups excluding carboxylic acids is 1. The van der Waals surface area contributed by atoms with Crippen molar-refractivity contribution in [3.63, 3.8) is 0 Å². The standard InChI is InChI=1S/C15H18FN7OS/c1-25-15-20-14(12(13(17)24)21-22-15)19-9-2-3-11(10(16)8-9)23-6-4-18-5-7-23/h2-3,8,18H,4-7H2,1H3,(H2,17,24)(H,19,20,22). The second-order valence-corrected chi connectivity index (χ2v) is 6.16. The summed E-state index contributed by atoms with van der Waals surface area (Å²) in [4.78, 5) is 17.7. The van der Waals surface area contributed by atoms with Crippen LogP contribution in [0, 0.1) is 5.82 Å². The molecule has 0 unspecified atom stereocenters. The third-order valence-electron chi connectivity index (χ3n) is 3.75. The molecule has 0 saturated carbocycles. The normalized spacial score (nSPS) is 14.4. The molecule has 1 aromatic heterocycles. The molecule has 0 aliphatic carbocycles. The summed E-state index contributed by atoms with van der Waals surface area (Å²) in [6, 6.07) is 4.80. The summed E-state index contributed by atoms with van der Waals surface area (Å²) in [7, 11) is 0. The molecule has 1 aliphatic heterocycles. The molecule has 1 saturated heterocycles. The van der Waals surface area contributed by atoms with Gasteiger partial charge in [-0.2, -0.15) is 0 Å². The Morgan fingerprint density at radius 1 is 1.36 bits per heavy atom. The number of nitrogens with zero attached hydrogens (tertiary/aromatic N) is 4. The average Bonchev–Trinajstić information content (AvgIpc) is 2.62. The topological polar surface area (TPSA) is 109 Å². The van der Waals surface area contributed by atoms with Crippen LogP contribution >= 0.6 is 11.8 Å². The van der Waals surface area contributed by atoms with E-state index in [0.717, 1.165) is 26.2 Å². The molecule has 0 radical (unpaired) electrons. The summed E-state index contributed by atoms with van der Waals surface area (Å²) in [6.07, 6.45) is 1.78. The first-order valence-electron chi connectivity index (χ1n) is 7.69. The minimum absolute atomic E-state index is 0.0932. The number of halogens is 1. The summed E-state index contributed by atoms with van der Waals surface area (Å²) in [5, 5.41) is 14.1. The number of nitrogens with two attached hydrogens (primary N) is 1. The lowest BCUT2D eigenvalue weighted by Gasteiger charge is -2.29. The number of carbonyl (C=O) groups is 1. The molecular weight excluding hydrogens is 345 g/mol. The van der Waals surface area contributed by atoms with Gasteiger partial charge in [-0.25, -0.2) is 9.37 Å². The van der Waals surface area contributed by atoms with Crippen LogP contribution in [0.3, 0.4) is 0 Å². The van der Waals surface area contributed by atoms with Crippen molar-refractivity contribution in [2.45, 2.75) is 5.16 Å². The Morgan fingerprint density at radius 2 is 2.12 bits per heavy atom. The van der Waals surface area contributed by atoms with Crippen LogP contribution in [-0.2, 0) is 0 Å². The zero-order chi connectivity index (χ0) is 17.8. The van der Waals surface area contributed by atoms with Crippen molar-refractivity contribution < 1.29 is 9.18 Å². The predicted octanol–water partition coefficient (Wildman–Crippen LogP) is 0.985. The summed E-state index contributed by atoms with van der Waals surface area (Å²) in [5.74, 6) is -0.950. The summed E-state index contributed by atoms with van der Waals surface area (Å²) >= 11 is 1.27. The van der Waals surface area contributed by atoms with Crippen LogP contribution in [0.25, 0.3) is 0 Å². The van der Waals surface area contributed by atoms with Crippen LogP contribution in [0.1, 0.15) is 10.5 Å². The monoisotopic (exact) mass is 363 g/mol. The fraction of sp³-hybridized carbons (Fsp3) is 0.333. The highest BCUT2D eigenvalue weighted by molar-refractivity contribution is 7.98. The van der Waals surface area contributed by atoms with Crippen molar-refractivity contribution >= 4 is 34.9 Å². The Labute approximate surface area is 148 Å². The van der Waals surface area contributed by atoms with Crippen molar-refractivity contribution in [1.82, 2.24) is 20.5 Å². The lowest BCUT2D eigenvalue weighted by Crippen LogP contribution is -2.43. The van der Waals surface area contributed by atoms with E-state index in [9.17, 15) is 9.18 Å². The lowest BCUT2D eigenvalue weighted by molar-refractivity contribution is 0.0994. The molecule has 25 heavy (non-hydrogen) atoms. The Hall–Kier alpha value is -2.46. The van der Waals surface area contributed by atoms with Gasteiger partial charge in [-0.3, -0.25) is 4.79 Å². The fourth-order valence-electron chi connectivity index (χ4n) is 2.53. The van der Waals surface area contributed by atoms with E-state index in [2.05, 4.69) is 25.8 Å². The van der Waals surface area contributed by atoms with Crippen molar-refractivity contribution in [2.24, 2.45) is 5.73 Å². The minimum atomic E-state index is -0.756. The highest BCUT2D eigenvalue weighted by Crippen LogP contribution is 2.26. The molecule has 132 valence electrons. The van der Waals surface area contributed by atoms with Gasteiger partial charge in [0.15, 0.2) is 11.5 Å². The second-order valence-electron chi connectivity index (χ2n) is 5.39. The smallest absolute Gasteiger partial charge is 0.273 e. The van der Waals surface area contributed by atoms with Crippen molar-refractivity contribution in [3.05, 3.63) is 29.7 Å². The highest BCUT2D eigenvalue weighted by atomic mass is 32.2. The molecule has 1 aromatic carbocycles. The lowest BCUT2D eigenvalue weighted by atomic mass is 10.2. The van der Waals surface area contributed by atoms with Crippen LogP contribution in [-0.4, -0.2) is 53.5 Å². The molecule has 0 atom stereocenters. The fourth-order valence-corrected chi connectivity index (χ4v) is 2.84. The van der Waals surface area contributed by atoms with Gasteiger partial charge in [-0.1, -0.05) is 11.8 Å². The molecular formula is C15H18FN7OS. The van der Waals surface area contributed by atoms with Crippen molar-refractivity contribution in [3.8, 4) is 0 Å². The van der Waals surface area contributed by atoms with E-state index in [4.69, 9.17) is 5.73 Å². The number of piperazine rings is 1. The summed E-state index contributed by atoms with van der Waals surface area (Å²) in [6.45, 7) is 3.15. The maximum absolute atomic E-state index is 14.5. The Kier molecular flexibility index (Phi) is 5.29. The molecule has 0 bridgehead atoms. The van der Waals surface area contributed by atoms with Gasteiger partial charge in [-0.15, -0.1) is 10.2 Å². The number of hydrogen-bond acceptors (Lipinski definition) is 8. The molecule has 1 fully saturated rings. The zero-order valence-electron chi connectivity index (χ0n) is 13.6. The average molecular weight is 363 g/mol. The van der Waals surface area contributed by atoms with Crippen LogP contribution < -0.4 is 21.3 Å². The molecule has 2 aromatic rings. The Morgan fingerprint density at radius 3 is 2.76 bits per heavy atom. The second kappa shape index (κ2) is 7.62. The van der Waals surface area contributed by atoms with E-state index in [1.165, 1.54) is 17.8 Å². The summed E-state index contributed by atoms with van der Waals surface area (Å²) < 4.78 is 14.5. The number of amides is 1. The highest BCUT2D eigenvalue weighted by Gasteiger charge is 2.17. The SMILES string of the molecule is CSc1nnc(C(N)=O)c(Nc2ccc(N3CCNCC3)c(F)c2)n1. The van der Waals surface area contributed by atoms with Crippen LogP contribution in [0.2, 0.25) is 0 Å². The van der Waals surface area contributed by atoms with E-state index < -0.39 is 5.91 Å². The molecule has 1 aliphatic rings. The van der Waals surface area contributed by atoms with Crippen LogP contribution in [0.5, 0.6) is 0 Å². The number of rotatable bonds is 5. The molecule has 2 heterocycles. The minimum Gasteiger partial charge on any atom is -0.367 e. The number of benzene rings is 1. The molecule has 10 heteroatoms. The van der Waals surface area contributed by atoms with E-state index >= 15 is 0 Å². The third kappa shape index (κ3) is 3.97. The predicted molar refractivity (Wildman–Crippen MR) is 94.9 cm³/mol. The maximum Gasteiger partial charge on any atom is 0.273 e. The molecule has 3 rings (SSSR count). The Balaban J connectivity index is 1.86. The van der Waals surface area contributed by atoms with Gasteiger partial charge in [0.1, 0.15) is 5.82 Å². The largest absolute Gasteiger partial charge is 0.367 e. The first-order chi connectivity index (χ1) is 12.1. The first kappa shape index (κ1) is 17.4. The van der Waals surface area contributed by atoms with Crippen molar-refractivity contribution in [1.29, 1.82) is 0 Å². The van der Waals surface area contributed by atoms with Gasteiger partial charge in [-0.05, 0) is 24.5 Å². The third-order valence-corrected chi connectivity index (χ3v) is 4.29. The number of hydrogen-bond donors (Lipinski definition) is 3. The molecule has 0 spiro atoms. The van der Waals surface area contributed by atoms with Gasteiger partial charge in [0, 0.05) is 31.9 Å². The van der Waals surface area contributed by atoms with Gasteiger partial charge in [0.2, 0.25) is 5.16 Å².